The number of aromatic amines is 1. The van der Waals surface area contributed by atoms with Gasteiger partial charge in [-0.3, -0.25) is 9.89 Å². The van der Waals surface area contributed by atoms with Gasteiger partial charge >= 0.3 is 0 Å². The maximum Gasteiger partial charge on any atom is 0.221 e. The normalized spacial score (nSPS) is 10.4. The van der Waals surface area contributed by atoms with Crippen LogP contribution in [-0.4, -0.2) is 21.1 Å². The van der Waals surface area contributed by atoms with Gasteiger partial charge in [-0.2, -0.15) is 0 Å². The molecule has 0 aliphatic heterocycles. The fourth-order valence-corrected chi connectivity index (χ4v) is 2.31. The predicted octanol–water partition coefficient (Wildman–Crippen LogP) is 2.62. The van der Waals surface area contributed by atoms with Gasteiger partial charge in [0.15, 0.2) is 0 Å². The molecule has 5 nitrogen and oxygen atoms in total. The summed E-state index contributed by atoms with van der Waals surface area (Å²) in [5.41, 5.74) is 1.98. The minimum absolute atomic E-state index is 0.0602. The molecule has 1 amide bonds. The van der Waals surface area contributed by atoms with Crippen molar-refractivity contribution in [2.45, 2.75) is 31.2 Å². The van der Waals surface area contributed by atoms with Crippen molar-refractivity contribution >= 4 is 23.4 Å². The Balaban J connectivity index is 1.90. The molecule has 0 fully saturated rings. The van der Waals surface area contributed by atoms with Gasteiger partial charge in [-0.25, -0.2) is 4.98 Å². The third-order valence-electron chi connectivity index (χ3n) is 2.49. The van der Waals surface area contributed by atoms with Crippen molar-refractivity contribution in [2.75, 3.05) is 5.32 Å². The van der Waals surface area contributed by atoms with Crippen LogP contribution in [-0.2, 0) is 17.0 Å². The number of carbonyl (C=O) groups is 1. The monoisotopic (exact) mass is 276 g/mol. The van der Waals surface area contributed by atoms with Crippen LogP contribution >= 0.6 is 11.8 Å². The summed E-state index contributed by atoms with van der Waals surface area (Å²) in [4.78, 5) is 15.2. The highest BCUT2D eigenvalue weighted by Gasteiger charge is 2.03. The molecule has 0 saturated carbocycles. The van der Waals surface area contributed by atoms with Gasteiger partial charge in [0.2, 0.25) is 11.1 Å². The van der Waals surface area contributed by atoms with E-state index < -0.39 is 0 Å². The van der Waals surface area contributed by atoms with Gasteiger partial charge in [0, 0.05) is 24.8 Å². The van der Waals surface area contributed by atoms with Crippen LogP contribution in [0.15, 0.2) is 29.4 Å². The highest BCUT2D eigenvalue weighted by Crippen LogP contribution is 2.20. The third-order valence-corrected chi connectivity index (χ3v) is 3.41. The van der Waals surface area contributed by atoms with E-state index >= 15 is 0 Å². The first-order valence-electron chi connectivity index (χ1n) is 6.08. The number of nitrogens with one attached hydrogen (secondary N) is 2. The maximum absolute atomic E-state index is 10.9. The van der Waals surface area contributed by atoms with Crippen LogP contribution in [0.4, 0.5) is 5.69 Å². The fraction of sp³-hybridized carbons (Fsp3) is 0.308. The lowest BCUT2D eigenvalue weighted by Gasteiger charge is -2.03. The van der Waals surface area contributed by atoms with Crippen molar-refractivity contribution in [3.63, 3.8) is 0 Å². The predicted molar refractivity (Wildman–Crippen MR) is 76.1 cm³/mol. The van der Waals surface area contributed by atoms with E-state index in [1.165, 1.54) is 12.5 Å². The van der Waals surface area contributed by atoms with E-state index in [0.29, 0.717) is 0 Å². The summed E-state index contributed by atoms with van der Waals surface area (Å²) in [5.74, 6) is 1.65. The van der Waals surface area contributed by atoms with Crippen molar-refractivity contribution < 1.29 is 4.79 Å². The van der Waals surface area contributed by atoms with Crippen LogP contribution in [0.2, 0.25) is 0 Å². The molecule has 1 aromatic carbocycles. The fourth-order valence-electron chi connectivity index (χ4n) is 1.54. The van der Waals surface area contributed by atoms with Gasteiger partial charge in [0.1, 0.15) is 5.82 Å². The summed E-state index contributed by atoms with van der Waals surface area (Å²) in [6.07, 6.45) is 0.860. The average Bonchev–Trinajstić information content (AvgIpc) is 2.85. The molecule has 0 aliphatic rings. The Kier molecular flexibility index (Phi) is 4.57. The van der Waals surface area contributed by atoms with E-state index in [1.54, 1.807) is 11.8 Å². The summed E-state index contributed by atoms with van der Waals surface area (Å²) in [6, 6.07) is 7.77. The topological polar surface area (TPSA) is 70.7 Å². The van der Waals surface area contributed by atoms with Crippen molar-refractivity contribution in [3.05, 3.63) is 35.7 Å². The molecule has 0 aliphatic carbocycles. The number of anilines is 1. The molecule has 0 saturated heterocycles. The number of thioether (sulfide) groups is 1. The maximum atomic E-state index is 10.9. The Bertz CT molecular complexity index is 550. The molecule has 100 valence electrons. The van der Waals surface area contributed by atoms with Crippen LogP contribution in [0.5, 0.6) is 0 Å². The Morgan fingerprint density at radius 1 is 1.37 bits per heavy atom. The molecule has 0 radical (unpaired) electrons. The highest BCUT2D eigenvalue weighted by atomic mass is 32.2. The van der Waals surface area contributed by atoms with Gasteiger partial charge in [-0.1, -0.05) is 30.8 Å². The lowest BCUT2D eigenvalue weighted by atomic mass is 10.2. The zero-order chi connectivity index (χ0) is 13.7. The van der Waals surface area contributed by atoms with Crippen LogP contribution in [0.25, 0.3) is 0 Å². The molecule has 2 N–H and O–H groups in total. The smallest absolute Gasteiger partial charge is 0.221 e. The quantitative estimate of drug-likeness (QED) is 0.824. The molecule has 6 heteroatoms. The number of hydrogen-bond acceptors (Lipinski definition) is 4. The zero-order valence-corrected chi connectivity index (χ0v) is 11.8. The van der Waals surface area contributed by atoms with Crippen LogP contribution in [0.3, 0.4) is 0 Å². The summed E-state index contributed by atoms with van der Waals surface area (Å²) in [6.45, 7) is 3.54. The van der Waals surface area contributed by atoms with Crippen molar-refractivity contribution in [1.29, 1.82) is 0 Å². The summed E-state index contributed by atoms with van der Waals surface area (Å²) in [7, 11) is 0. The van der Waals surface area contributed by atoms with Gasteiger partial charge < -0.3 is 5.32 Å². The summed E-state index contributed by atoms with van der Waals surface area (Å²) >= 11 is 1.59. The lowest BCUT2D eigenvalue weighted by Crippen LogP contribution is -2.05. The number of hydrogen-bond donors (Lipinski definition) is 2. The first-order valence-corrected chi connectivity index (χ1v) is 7.06. The Hall–Kier alpha value is -1.82. The Labute approximate surface area is 116 Å². The lowest BCUT2D eigenvalue weighted by molar-refractivity contribution is -0.114. The molecule has 0 spiro atoms. The molecular weight excluding hydrogens is 260 g/mol. The summed E-state index contributed by atoms with van der Waals surface area (Å²) in [5, 5.41) is 10.5. The largest absolute Gasteiger partial charge is 0.326 e. The molecule has 0 bridgehead atoms. The second-order valence-corrected chi connectivity index (χ2v) is 5.03. The first kappa shape index (κ1) is 13.6. The van der Waals surface area contributed by atoms with E-state index in [0.717, 1.165) is 28.8 Å². The molecule has 1 heterocycles. The SMILES string of the molecule is CCc1nc(SCc2ccc(NC(C)=O)cc2)n[nH]1. The standard InChI is InChI=1S/C13H16N4OS/c1-3-12-15-13(17-16-12)19-8-10-4-6-11(7-5-10)14-9(2)18/h4-7H,3,8H2,1-2H3,(H,14,18)(H,15,16,17). The average molecular weight is 276 g/mol. The first-order chi connectivity index (χ1) is 9.17. The van der Waals surface area contributed by atoms with E-state index in [-0.39, 0.29) is 5.91 Å². The van der Waals surface area contributed by atoms with Crippen molar-refractivity contribution in [2.24, 2.45) is 0 Å². The van der Waals surface area contributed by atoms with Crippen LogP contribution in [0.1, 0.15) is 25.2 Å². The third kappa shape index (κ3) is 4.10. The Morgan fingerprint density at radius 2 is 2.11 bits per heavy atom. The second-order valence-electron chi connectivity index (χ2n) is 4.09. The number of H-pyrrole nitrogens is 1. The highest BCUT2D eigenvalue weighted by molar-refractivity contribution is 7.98. The van der Waals surface area contributed by atoms with Gasteiger partial charge in [-0.15, -0.1) is 5.10 Å². The minimum Gasteiger partial charge on any atom is -0.326 e. The summed E-state index contributed by atoms with van der Waals surface area (Å²) < 4.78 is 0. The molecule has 1 aromatic heterocycles. The van der Waals surface area contributed by atoms with Gasteiger partial charge in [-0.05, 0) is 17.7 Å². The molecule has 2 aromatic rings. The number of aromatic nitrogens is 3. The van der Waals surface area contributed by atoms with Crippen LogP contribution in [0, 0.1) is 0 Å². The van der Waals surface area contributed by atoms with Crippen molar-refractivity contribution in [3.8, 4) is 0 Å². The van der Waals surface area contributed by atoms with Gasteiger partial charge in [0.25, 0.3) is 0 Å². The van der Waals surface area contributed by atoms with E-state index in [9.17, 15) is 4.79 Å². The number of rotatable bonds is 5. The molecule has 2 rings (SSSR count). The molecule has 0 atom stereocenters. The zero-order valence-electron chi connectivity index (χ0n) is 10.9. The molecular formula is C13H16N4OS. The minimum atomic E-state index is -0.0602. The van der Waals surface area contributed by atoms with Gasteiger partial charge in [0.05, 0.1) is 0 Å². The molecule has 19 heavy (non-hydrogen) atoms. The van der Waals surface area contributed by atoms with E-state index in [2.05, 4.69) is 20.5 Å². The number of aryl methyl sites for hydroxylation is 1. The second kappa shape index (κ2) is 6.38. The van der Waals surface area contributed by atoms with E-state index in [1.807, 2.05) is 31.2 Å². The van der Waals surface area contributed by atoms with Crippen LogP contribution < -0.4 is 5.32 Å². The number of benzene rings is 1. The number of nitrogens with zero attached hydrogens (tertiary/aromatic N) is 2. The number of amides is 1. The van der Waals surface area contributed by atoms with Crippen molar-refractivity contribution in [1.82, 2.24) is 15.2 Å². The van der Waals surface area contributed by atoms with E-state index in [4.69, 9.17) is 0 Å². The molecule has 0 unspecified atom stereocenters. The Morgan fingerprint density at radius 3 is 2.68 bits per heavy atom. The number of carbonyl (C=O) groups excluding carboxylic acids is 1.